The van der Waals surface area contributed by atoms with Crippen molar-refractivity contribution in [2.24, 2.45) is 0 Å². The molecule has 174 valence electrons. The van der Waals surface area contributed by atoms with Crippen molar-refractivity contribution in [2.45, 2.75) is 22.9 Å². The van der Waals surface area contributed by atoms with Crippen LogP contribution in [0.3, 0.4) is 0 Å². The highest BCUT2D eigenvalue weighted by molar-refractivity contribution is 7.98. The maximum atomic E-state index is 13.1. The third-order valence-corrected chi connectivity index (χ3v) is 7.43. The van der Waals surface area contributed by atoms with Crippen molar-refractivity contribution in [2.75, 3.05) is 12.5 Å². The van der Waals surface area contributed by atoms with Crippen molar-refractivity contribution in [1.29, 1.82) is 0 Å². The van der Waals surface area contributed by atoms with Crippen LogP contribution in [0, 0.1) is 0 Å². The van der Waals surface area contributed by atoms with E-state index in [0.717, 1.165) is 27.7 Å². The van der Waals surface area contributed by atoms with Gasteiger partial charge >= 0.3 is 0 Å². The zero-order valence-corrected chi connectivity index (χ0v) is 20.4. The normalized spacial score (nSPS) is 11.5. The fourth-order valence-corrected chi connectivity index (χ4v) is 4.65. The van der Waals surface area contributed by atoms with E-state index in [9.17, 15) is 18.0 Å². The summed E-state index contributed by atoms with van der Waals surface area (Å²) >= 11 is 1.66. The first-order valence-electron chi connectivity index (χ1n) is 10.6. The van der Waals surface area contributed by atoms with Crippen LogP contribution in [0.25, 0.3) is 10.8 Å². The van der Waals surface area contributed by atoms with Crippen molar-refractivity contribution in [3.63, 3.8) is 0 Å². The standard InChI is InChI=1S/C26H24N2O4S2/c1-33-22-9-3-18(4-10-22)16-27-25(29)21-8-7-20-13-14-28(26(30)24(20)15-21)17-19-5-11-23(12-6-19)34(2,31)32/h3-15H,16-17H2,1-2H3,(H,27,29). The van der Waals surface area contributed by atoms with Gasteiger partial charge in [-0.25, -0.2) is 8.42 Å². The Balaban J connectivity index is 1.53. The lowest BCUT2D eigenvalue weighted by molar-refractivity contribution is 0.0951. The van der Waals surface area contributed by atoms with E-state index in [1.807, 2.05) is 36.6 Å². The number of nitrogens with zero attached hydrogens (tertiary/aromatic N) is 1. The predicted octanol–water partition coefficient (Wildman–Crippen LogP) is 4.11. The smallest absolute Gasteiger partial charge is 0.258 e. The molecule has 0 aliphatic rings. The Hall–Kier alpha value is -3.36. The van der Waals surface area contributed by atoms with Crippen LogP contribution < -0.4 is 10.9 Å². The van der Waals surface area contributed by atoms with Crippen LogP contribution in [-0.4, -0.2) is 31.4 Å². The number of fused-ring (bicyclic) bond motifs is 1. The van der Waals surface area contributed by atoms with Gasteiger partial charge in [-0.15, -0.1) is 11.8 Å². The summed E-state index contributed by atoms with van der Waals surface area (Å²) < 4.78 is 24.9. The average molecular weight is 493 g/mol. The molecule has 1 N–H and O–H groups in total. The third kappa shape index (κ3) is 5.40. The van der Waals surface area contributed by atoms with E-state index in [1.165, 1.54) is 12.1 Å². The number of rotatable bonds is 7. The third-order valence-electron chi connectivity index (χ3n) is 5.56. The van der Waals surface area contributed by atoms with E-state index in [1.54, 1.807) is 52.9 Å². The molecule has 0 radical (unpaired) electrons. The van der Waals surface area contributed by atoms with Gasteiger partial charge in [-0.05, 0) is 65.2 Å². The molecule has 0 saturated heterocycles. The number of benzene rings is 3. The van der Waals surface area contributed by atoms with Gasteiger partial charge in [0.15, 0.2) is 9.84 Å². The van der Waals surface area contributed by atoms with E-state index in [0.29, 0.717) is 24.0 Å². The van der Waals surface area contributed by atoms with Gasteiger partial charge < -0.3 is 9.88 Å². The molecule has 6 nitrogen and oxygen atoms in total. The van der Waals surface area contributed by atoms with Crippen molar-refractivity contribution in [3.8, 4) is 0 Å². The van der Waals surface area contributed by atoms with Crippen LogP contribution in [0.1, 0.15) is 21.5 Å². The Morgan fingerprint density at radius 2 is 1.62 bits per heavy atom. The summed E-state index contributed by atoms with van der Waals surface area (Å²) in [5.41, 5.74) is 2.00. The van der Waals surface area contributed by atoms with E-state index < -0.39 is 9.84 Å². The zero-order valence-electron chi connectivity index (χ0n) is 18.8. The largest absolute Gasteiger partial charge is 0.348 e. The van der Waals surface area contributed by atoms with Gasteiger partial charge in [0, 0.05) is 34.8 Å². The van der Waals surface area contributed by atoms with Crippen molar-refractivity contribution in [1.82, 2.24) is 9.88 Å². The van der Waals surface area contributed by atoms with Crippen molar-refractivity contribution < 1.29 is 13.2 Å². The van der Waals surface area contributed by atoms with E-state index in [-0.39, 0.29) is 16.4 Å². The first-order chi connectivity index (χ1) is 16.2. The van der Waals surface area contributed by atoms with Crippen molar-refractivity contribution in [3.05, 3.63) is 106 Å². The molecule has 0 saturated carbocycles. The van der Waals surface area contributed by atoms with Crippen LogP contribution in [0.4, 0.5) is 0 Å². The molecule has 8 heteroatoms. The molecule has 1 heterocycles. The Kier molecular flexibility index (Phi) is 6.90. The zero-order chi connectivity index (χ0) is 24.3. The number of hydrogen-bond donors (Lipinski definition) is 1. The summed E-state index contributed by atoms with van der Waals surface area (Å²) in [5.74, 6) is -0.248. The summed E-state index contributed by atoms with van der Waals surface area (Å²) in [6, 6.07) is 21.4. The summed E-state index contributed by atoms with van der Waals surface area (Å²) in [4.78, 5) is 27.2. The number of thioether (sulfide) groups is 1. The molecule has 0 fully saturated rings. The molecule has 1 amide bonds. The van der Waals surface area contributed by atoms with Crippen LogP contribution in [-0.2, 0) is 22.9 Å². The number of carbonyl (C=O) groups excluding carboxylic acids is 1. The monoisotopic (exact) mass is 492 g/mol. The Morgan fingerprint density at radius 3 is 2.26 bits per heavy atom. The second kappa shape index (κ2) is 9.87. The second-order valence-corrected chi connectivity index (χ2v) is 10.9. The molecular weight excluding hydrogens is 468 g/mol. The van der Waals surface area contributed by atoms with Gasteiger partial charge in [-0.1, -0.05) is 30.3 Å². The number of aromatic nitrogens is 1. The van der Waals surface area contributed by atoms with E-state index in [4.69, 9.17) is 0 Å². The molecule has 4 rings (SSSR count). The maximum Gasteiger partial charge on any atom is 0.258 e. The van der Waals surface area contributed by atoms with Crippen LogP contribution in [0.15, 0.2) is 93.6 Å². The second-order valence-electron chi connectivity index (χ2n) is 8.00. The van der Waals surface area contributed by atoms with Crippen LogP contribution in [0.2, 0.25) is 0 Å². The van der Waals surface area contributed by atoms with Gasteiger partial charge in [-0.2, -0.15) is 0 Å². The molecule has 3 aromatic carbocycles. The summed E-state index contributed by atoms with van der Waals surface area (Å²) in [7, 11) is -3.28. The minimum atomic E-state index is -3.28. The molecule has 0 atom stereocenters. The lowest BCUT2D eigenvalue weighted by atomic mass is 10.1. The van der Waals surface area contributed by atoms with Gasteiger partial charge in [0.05, 0.1) is 11.4 Å². The van der Waals surface area contributed by atoms with E-state index in [2.05, 4.69) is 5.32 Å². The van der Waals surface area contributed by atoms with Crippen LogP contribution in [0.5, 0.6) is 0 Å². The predicted molar refractivity (Wildman–Crippen MR) is 136 cm³/mol. The molecular formula is C26H24N2O4S2. The van der Waals surface area contributed by atoms with Gasteiger partial charge in [0.2, 0.25) is 0 Å². The highest BCUT2D eigenvalue weighted by Gasteiger charge is 2.11. The molecule has 0 aliphatic heterocycles. The van der Waals surface area contributed by atoms with E-state index >= 15 is 0 Å². The molecule has 0 aliphatic carbocycles. The number of nitrogens with one attached hydrogen (secondary N) is 1. The number of amides is 1. The lowest BCUT2D eigenvalue weighted by Crippen LogP contribution is -2.24. The molecule has 0 spiro atoms. The lowest BCUT2D eigenvalue weighted by Gasteiger charge is -2.10. The summed E-state index contributed by atoms with van der Waals surface area (Å²) in [5, 5.41) is 4.10. The quantitative estimate of drug-likeness (QED) is 0.393. The first kappa shape index (κ1) is 23.8. The van der Waals surface area contributed by atoms with Gasteiger partial charge in [0.1, 0.15) is 0 Å². The molecule has 4 aromatic rings. The highest BCUT2D eigenvalue weighted by atomic mass is 32.2. The van der Waals surface area contributed by atoms with Gasteiger partial charge in [0.25, 0.3) is 11.5 Å². The summed E-state index contributed by atoms with van der Waals surface area (Å²) in [6.07, 6.45) is 4.87. The maximum absolute atomic E-state index is 13.1. The number of carbonyl (C=O) groups is 1. The van der Waals surface area contributed by atoms with Crippen molar-refractivity contribution >= 4 is 38.3 Å². The first-order valence-corrected chi connectivity index (χ1v) is 13.7. The Labute approximate surface area is 202 Å². The molecule has 34 heavy (non-hydrogen) atoms. The SMILES string of the molecule is CSc1ccc(CNC(=O)c2ccc3ccn(Cc4ccc(S(C)(=O)=O)cc4)c(=O)c3c2)cc1. The summed E-state index contributed by atoms with van der Waals surface area (Å²) in [6.45, 7) is 0.690. The Morgan fingerprint density at radius 1 is 0.941 bits per heavy atom. The molecule has 0 bridgehead atoms. The average Bonchev–Trinajstić information content (AvgIpc) is 2.84. The highest BCUT2D eigenvalue weighted by Crippen LogP contribution is 2.16. The Bertz CT molecular complexity index is 1510. The number of hydrogen-bond acceptors (Lipinski definition) is 5. The fraction of sp³-hybridized carbons (Fsp3) is 0.154. The number of sulfone groups is 1. The van der Waals surface area contributed by atoms with Crippen LogP contribution >= 0.6 is 11.8 Å². The number of pyridine rings is 1. The molecule has 1 aromatic heterocycles. The minimum Gasteiger partial charge on any atom is -0.348 e. The topological polar surface area (TPSA) is 85.2 Å². The molecule has 0 unspecified atom stereocenters. The minimum absolute atomic E-state index is 0.216. The fourth-order valence-electron chi connectivity index (χ4n) is 3.61. The van der Waals surface area contributed by atoms with Gasteiger partial charge in [-0.3, -0.25) is 9.59 Å².